The molecule has 3 aromatic rings. The fourth-order valence-corrected chi connectivity index (χ4v) is 6.44. The monoisotopic (exact) mass is 873 g/mol. The Balaban J connectivity index is 1.92. The van der Waals surface area contributed by atoms with Gasteiger partial charge < -0.3 is 59.1 Å². The van der Waals surface area contributed by atoms with Crippen molar-refractivity contribution in [3.8, 4) is 5.75 Å². The number of carboxylic acids is 2. The quantitative estimate of drug-likeness (QED) is 0.0293. The van der Waals surface area contributed by atoms with Gasteiger partial charge in [0.05, 0.1) is 6.04 Å². The van der Waals surface area contributed by atoms with Crippen LogP contribution in [0.1, 0.15) is 62.6 Å². The molecule has 0 heterocycles. The molecule has 0 bridgehead atoms. The number of nitrogens with zero attached hydrogens (tertiary/aromatic N) is 1. The standard InChI is InChI=1S/C44H59N9O10/c1-3-26(2)37(43(62)63)53-42(61)35(25-28-13-8-5-9-14-28)52-41(60)34(24-27-11-6-4-7-12-27)51-40(59)33(20-21-36(55)56)50-39(58)32(15-10-22-48-44(46)47)49-38(57)31(45)23-29-16-18-30(54)19-17-29/h4-9,11-14,16-19,26,31-35,37,54H,3,10,15,20-25,45H2,1-2H3,(H,49,57)(H,50,58)(H,51,59)(H,52,60)(H,53,61)(H,55,56)(H,62,63)(H4,46,47,48)/t26-,31-,32-,33-,34-,35-,37-/m0/s1. The van der Waals surface area contributed by atoms with Gasteiger partial charge >= 0.3 is 11.9 Å². The molecular formula is C44H59N9O10. The molecule has 0 aliphatic heterocycles. The lowest BCUT2D eigenvalue weighted by Crippen LogP contribution is -2.60. The molecule has 5 amide bonds. The predicted octanol–water partition coefficient (Wildman–Crippen LogP) is 0.221. The number of amides is 5. The van der Waals surface area contributed by atoms with E-state index in [9.17, 15) is 48.9 Å². The number of hydrogen-bond acceptors (Lipinski definition) is 10. The van der Waals surface area contributed by atoms with Crippen LogP contribution in [0.3, 0.4) is 0 Å². The van der Waals surface area contributed by atoms with Crippen LogP contribution in [-0.4, -0.2) is 106 Å². The molecule has 19 heteroatoms. The van der Waals surface area contributed by atoms with Gasteiger partial charge in [-0.25, -0.2) is 4.79 Å². The second kappa shape index (κ2) is 25.7. The van der Waals surface area contributed by atoms with E-state index in [1.165, 1.54) is 12.1 Å². The van der Waals surface area contributed by atoms with Crippen LogP contribution in [0.4, 0.5) is 0 Å². The van der Waals surface area contributed by atoms with Crippen molar-refractivity contribution in [3.05, 3.63) is 102 Å². The van der Waals surface area contributed by atoms with E-state index in [-0.39, 0.29) is 50.4 Å². The topological polar surface area (TPSA) is 331 Å². The summed E-state index contributed by atoms with van der Waals surface area (Å²) in [5.74, 6) is -7.28. The molecule has 0 aliphatic rings. The number of aliphatic imine (C=N–C) groups is 1. The lowest BCUT2D eigenvalue weighted by Gasteiger charge is -2.28. The van der Waals surface area contributed by atoms with Crippen molar-refractivity contribution in [2.45, 2.75) is 101 Å². The lowest BCUT2D eigenvalue weighted by atomic mass is 9.97. The first-order valence-corrected chi connectivity index (χ1v) is 20.6. The van der Waals surface area contributed by atoms with Crippen molar-refractivity contribution < 1.29 is 48.9 Å². The number of hydrogen-bond donors (Lipinski definition) is 11. The molecule has 3 rings (SSSR count). The first-order valence-electron chi connectivity index (χ1n) is 20.6. The third-order valence-electron chi connectivity index (χ3n) is 10.2. The molecule has 0 aromatic heterocycles. The highest BCUT2D eigenvalue weighted by atomic mass is 16.4. The van der Waals surface area contributed by atoms with Crippen LogP contribution in [0.5, 0.6) is 5.75 Å². The maximum Gasteiger partial charge on any atom is 0.326 e. The Kier molecular flexibility index (Phi) is 20.5. The lowest BCUT2D eigenvalue weighted by molar-refractivity contribution is -0.144. The number of carbonyl (C=O) groups is 7. The number of phenols is 1. The average molecular weight is 874 g/mol. The highest BCUT2D eigenvalue weighted by Crippen LogP contribution is 2.14. The van der Waals surface area contributed by atoms with Gasteiger partial charge in [0.25, 0.3) is 0 Å². The summed E-state index contributed by atoms with van der Waals surface area (Å²) >= 11 is 0. The summed E-state index contributed by atoms with van der Waals surface area (Å²) < 4.78 is 0. The summed E-state index contributed by atoms with van der Waals surface area (Å²) in [6, 6.07) is 15.4. The number of nitrogens with two attached hydrogens (primary N) is 3. The molecule has 0 spiro atoms. The van der Waals surface area contributed by atoms with Crippen LogP contribution in [0, 0.1) is 5.92 Å². The fraction of sp³-hybridized carbons (Fsp3) is 0.409. The molecule has 14 N–H and O–H groups in total. The van der Waals surface area contributed by atoms with Crippen LogP contribution in [-0.2, 0) is 52.8 Å². The highest BCUT2D eigenvalue weighted by Gasteiger charge is 2.34. The SMILES string of the molecule is CC[C@H](C)[C@H](NC(=O)[C@H](Cc1ccccc1)NC(=O)[C@H](Cc1ccccc1)NC(=O)[C@H](CCC(=O)O)NC(=O)[C@H](CCCN=C(N)N)NC(=O)[C@@H](N)Cc1ccc(O)cc1)C(=O)O. The zero-order valence-electron chi connectivity index (χ0n) is 35.4. The Morgan fingerprint density at radius 2 is 1.05 bits per heavy atom. The van der Waals surface area contributed by atoms with E-state index in [0.717, 1.165) is 0 Å². The second-order valence-electron chi connectivity index (χ2n) is 15.2. The van der Waals surface area contributed by atoms with Gasteiger partial charge in [0, 0.05) is 25.8 Å². The van der Waals surface area contributed by atoms with E-state index >= 15 is 0 Å². The van der Waals surface area contributed by atoms with E-state index in [1.54, 1.807) is 86.6 Å². The third kappa shape index (κ3) is 17.9. The zero-order chi connectivity index (χ0) is 46.5. The molecule has 0 saturated heterocycles. The largest absolute Gasteiger partial charge is 0.508 e. The molecule has 0 fully saturated rings. The van der Waals surface area contributed by atoms with Crippen molar-refractivity contribution in [1.82, 2.24) is 26.6 Å². The zero-order valence-corrected chi connectivity index (χ0v) is 35.4. The number of rotatable bonds is 26. The van der Waals surface area contributed by atoms with Gasteiger partial charge in [-0.1, -0.05) is 93.1 Å². The average Bonchev–Trinajstić information content (AvgIpc) is 3.25. The fourth-order valence-electron chi connectivity index (χ4n) is 6.44. The maximum atomic E-state index is 14.2. The summed E-state index contributed by atoms with van der Waals surface area (Å²) in [6.45, 7) is 3.53. The minimum absolute atomic E-state index is 0.0191. The van der Waals surface area contributed by atoms with Crippen molar-refractivity contribution in [2.75, 3.05) is 6.54 Å². The van der Waals surface area contributed by atoms with Crippen LogP contribution in [0.2, 0.25) is 0 Å². The van der Waals surface area contributed by atoms with Crippen LogP contribution >= 0.6 is 0 Å². The first kappa shape index (κ1) is 50.3. The highest BCUT2D eigenvalue weighted by molar-refractivity contribution is 5.96. The summed E-state index contributed by atoms with van der Waals surface area (Å²) in [5, 5.41) is 42.1. The summed E-state index contributed by atoms with van der Waals surface area (Å²) in [6.07, 6.45) is -0.491. The first-order chi connectivity index (χ1) is 30.0. The number of aromatic hydroxyl groups is 1. The number of carboxylic acid groups (broad SMARTS) is 2. The molecule has 19 nitrogen and oxygen atoms in total. The number of guanidine groups is 1. The van der Waals surface area contributed by atoms with Crippen LogP contribution in [0.25, 0.3) is 0 Å². The number of carbonyl (C=O) groups excluding carboxylic acids is 5. The Labute approximate surface area is 365 Å². The van der Waals surface area contributed by atoms with E-state index < -0.39 is 96.5 Å². The van der Waals surface area contributed by atoms with E-state index in [0.29, 0.717) is 23.1 Å². The molecule has 7 atom stereocenters. The number of nitrogens with one attached hydrogen (secondary N) is 5. The molecule has 340 valence electrons. The summed E-state index contributed by atoms with van der Waals surface area (Å²) in [4.78, 5) is 97.2. The molecule has 0 radical (unpaired) electrons. The third-order valence-corrected chi connectivity index (χ3v) is 10.2. The Bertz CT molecular complexity index is 2020. The summed E-state index contributed by atoms with van der Waals surface area (Å²) in [5.41, 5.74) is 18.9. The molecule has 0 aliphatic carbocycles. The van der Waals surface area contributed by atoms with Crippen LogP contribution in [0.15, 0.2) is 89.9 Å². The van der Waals surface area contributed by atoms with Crippen molar-refractivity contribution >= 4 is 47.4 Å². The molecule has 0 unspecified atom stereocenters. The molecule has 63 heavy (non-hydrogen) atoms. The number of phenolic OH excluding ortho intramolecular Hbond substituents is 1. The second-order valence-corrected chi connectivity index (χ2v) is 15.2. The summed E-state index contributed by atoms with van der Waals surface area (Å²) in [7, 11) is 0. The van der Waals surface area contributed by atoms with Crippen molar-refractivity contribution in [1.29, 1.82) is 0 Å². The van der Waals surface area contributed by atoms with E-state index in [2.05, 4.69) is 31.6 Å². The number of benzene rings is 3. The molecular weight excluding hydrogens is 815 g/mol. The molecule has 0 saturated carbocycles. The van der Waals surface area contributed by atoms with E-state index in [4.69, 9.17) is 17.2 Å². The van der Waals surface area contributed by atoms with Gasteiger partial charge in [0.15, 0.2) is 5.96 Å². The van der Waals surface area contributed by atoms with Gasteiger partial charge in [0.2, 0.25) is 29.5 Å². The van der Waals surface area contributed by atoms with Gasteiger partial charge in [-0.05, 0) is 60.4 Å². The van der Waals surface area contributed by atoms with Gasteiger partial charge in [-0.2, -0.15) is 0 Å². The van der Waals surface area contributed by atoms with E-state index in [1.807, 2.05) is 0 Å². The smallest absolute Gasteiger partial charge is 0.326 e. The van der Waals surface area contributed by atoms with Gasteiger partial charge in [-0.3, -0.25) is 33.8 Å². The van der Waals surface area contributed by atoms with Crippen molar-refractivity contribution in [2.24, 2.45) is 28.1 Å². The molecule has 3 aromatic carbocycles. The van der Waals surface area contributed by atoms with Gasteiger partial charge in [0.1, 0.15) is 36.0 Å². The van der Waals surface area contributed by atoms with Crippen molar-refractivity contribution in [3.63, 3.8) is 0 Å². The predicted molar refractivity (Wildman–Crippen MR) is 234 cm³/mol. The Morgan fingerprint density at radius 3 is 1.52 bits per heavy atom. The minimum Gasteiger partial charge on any atom is -0.508 e. The van der Waals surface area contributed by atoms with Crippen LogP contribution < -0.4 is 43.8 Å². The Morgan fingerprint density at radius 1 is 0.603 bits per heavy atom. The Hall–Kier alpha value is -7.02. The van der Waals surface area contributed by atoms with Gasteiger partial charge in [-0.15, -0.1) is 0 Å². The normalized spacial score (nSPS) is 14.2. The number of aliphatic carboxylic acids is 2. The minimum atomic E-state index is -1.54. The maximum absolute atomic E-state index is 14.2.